The van der Waals surface area contributed by atoms with Crippen LogP contribution in [-0.4, -0.2) is 57.6 Å². The lowest BCUT2D eigenvalue weighted by Gasteiger charge is -2.37. The first kappa shape index (κ1) is 28.3. The zero-order valence-electron chi connectivity index (χ0n) is 23.8. The number of ether oxygens (including phenoxy) is 1. The van der Waals surface area contributed by atoms with Crippen molar-refractivity contribution in [2.75, 3.05) is 6.61 Å². The number of hydrogen-bond acceptors (Lipinski definition) is 5. The molecule has 1 spiro atoms. The van der Waals surface area contributed by atoms with Crippen LogP contribution in [0.3, 0.4) is 0 Å². The summed E-state index contributed by atoms with van der Waals surface area (Å²) in [6.07, 6.45) is 1.02. The topological polar surface area (TPSA) is 108 Å². The van der Waals surface area contributed by atoms with E-state index in [-0.39, 0.29) is 36.2 Å². The second kappa shape index (κ2) is 11.0. The molecular weight excluding hydrogens is 506 g/mol. The number of hydrogen-bond donors (Lipinski definition) is 3. The molecule has 3 fully saturated rings. The molecular formula is C32H41N3O5. The van der Waals surface area contributed by atoms with Crippen molar-refractivity contribution in [2.24, 2.45) is 23.7 Å². The van der Waals surface area contributed by atoms with Gasteiger partial charge in [-0.05, 0) is 42.7 Å². The fourth-order valence-corrected chi connectivity index (χ4v) is 7.37. The Balaban J connectivity index is 1.49. The Morgan fingerprint density at radius 1 is 1.00 bits per heavy atom. The van der Waals surface area contributed by atoms with E-state index in [0.717, 1.165) is 11.1 Å². The highest BCUT2D eigenvalue weighted by molar-refractivity contribution is 5.99. The Morgan fingerprint density at radius 2 is 1.55 bits per heavy atom. The van der Waals surface area contributed by atoms with Crippen LogP contribution in [0, 0.1) is 23.7 Å². The van der Waals surface area contributed by atoms with Gasteiger partial charge in [0.25, 0.3) is 0 Å². The van der Waals surface area contributed by atoms with Crippen molar-refractivity contribution in [3.05, 3.63) is 71.8 Å². The van der Waals surface area contributed by atoms with Gasteiger partial charge in [-0.3, -0.25) is 14.4 Å². The Labute approximate surface area is 236 Å². The van der Waals surface area contributed by atoms with E-state index in [0.29, 0.717) is 25.9 Å². The van der Waals surface area contributed by atoms with Crippen LogP contribution in [0.1, 0.15) is 51.7 Å². The van der Waals surface area contributed by atoms with Gasteiger partial charge in [0, 0.05) is 13.1 Å². The molecule has 2 aromatic rings. The maximum Gasteiger partial charge on any atom is 0.246 e. The zero-order valence-corrected chi connectivity index (χ0v) is 23.8. The summed E-state index contributed by atoms with van der Waals surface area (Å²) in [6.45, 7) is 8.37. The van der Waals surface area contributed by atoms with E-state index in [1.165, 1.54) is 0 Å². The fourth-order valence-electron chi connectivity index (χ4n) is 7.37. The van der Waals surface area contributed by atoms with E-state index in [4.69, 9.17) is 4.74 Å². The van der Waals surface area contributed by atoms with Crippen molar-refractivity contribution < 1.29 is 24.2 Å². The van der Waals surface area contributed by atoms with Gasteiger partial charge < -0.3 is 25.4 Å². The number of benzene rings is 2. The lowest BCUT2D eigenvalue weighted by molar-refractivity contribution is -0.151. The van der Waals surface area contributed by atoms with E-state index in [9.17, 15) is 19.5 Å². The van der Waals surface area contributed by atoms with Gasteiger partial charge in [0.2, 0.25) is 17.7 Å². The molecule has 0 saturated carbocycles. The van der Waals surface area contributed by atoms with Crippen molar-refractivity contribution in [2.45, 2.75) is 76.9 Å². The fraction of sp³-hybridized carbons (Fsp3) is 0.531. The standard InChI is InChI=1S/C32H41N3O5/c1-20(2)15-24(19-36)35-27(29(38)34-18-23-13-9-6-10-14-23)32-16-21(3)31(4,40-32)25(26(32)30(35)39)28(37)33-17-22-11-7-5-8-12-22/h5-14,20-21,24-27,36H,15-19H2,1-4H3,(H,33,37)(H,34,38)/t21?,24-,25-,26+,27?,31+,32?/m1/s1. The molecule has 3 saturated heterocycles. The average molecular weight is 548 g/mol. The molecule has 2 bridgehead atoms. The average Bonchev–Trinajstić information content (AvgIpc) is 3.46. The van der Waals surface area contributed by atoms with Gasteiger partial charge in [-0.25, -0.2) is 0 Å². The first-order chi connectivity index (χ1) is 19.1. The molecule has 214 valence electrons. The molecule has 3 amide bonds. The molecule has 3 aliphatic heterocycles. The molecule has 40 heavy (non-hydrogen) atoms. The summed E-state index contributed by atoms with van der Waals surface area (Å²) in [7, 11) is 0. The summed E-state index contributed by atoms with van der Waals surface area (Å²) in [4.78, 5) is 43.8. The predicted molar refractivity (Wildman–Crippen MR) is 151 cm³/mol. The van der Waals surface area contributed by atoms with Gasteiger partial charge in [-0.1, -0.05) is 81.4 Å². The first-order valence-corrected chi connectivity index (χ1v) is 14.4. The normalized spacial score (nSPS) is 31.4. The molecule has 5 rings (SSSR count). The van der Waals surface area contributed by atoms with Gasteiger partial charge in [-0.2, -0.15) is 0 Å². The van der Waals surface area contributed by atoms with E-state index < -0.39 is 35.1 Å². The number of fused-ring (bicyclic) bond motifs is 1. The van der Waals surface area contributed by atoms with Crippen LogP contribution in [-0.2, 0) is 32.2 Å². The molecule has 8 heteroatoms. The minimum atomic E-state index is -1.15. The third-order valence-corrected chi connectivity index (χ3v) is 9.25. The molecule has 2 aromatic carbocycles. The molecule has 0 radical (unpaired) electrons. The molecule has 3 unspecified atom stereocenters. The van der Waals surface area contributed by atoms with Gasteiger partial charge in [-0.15, -0.1) is 0 Å². The molecule has 3 aliphatic rings. The Morgan fingerprint density at radius 3 is 2.08 bits per heavy atom. The summed E-state index contributed by atoms with van der Waals surface area (Å²) in [6, 6.07) is 17.7. The highest BCUT2D eigenvalue weighted by Gasteiger charge is 2.80. The van der Waals surface area contributed by atoms with Crippen LogP contribution in [0.25, 0.3) is 0 Å². The van der Waals surface area contributed by atoms with E-state index in [1.54, 1.807) is 4.90 Å². The zero-order chi connectivity index (χ0) is 28.7. The largest absolute Gasteiger partial charge is 0.394 e. The van der Waals surface area contributed by atoms with Gasteiger partial charge in [0.15, 0.2) is 0 Å². The summed E-state index contributed by atoms with van der Waals surface area (Å²) in [5.74, 6) is -2.26. The van der Waals surface area contributed by atoms with Crippen LogP contribution < -0.4 is 10.6 Å². The molecule has 0 aliphatic carbocycles. The number of rotatable bonds is 10. The summed E-state index contributed by atoms with van der Waals surface area (Å²) in [5, 5.41) is 16.5. The second-order valence-electron chi connectivity index (χ2n) is 12.3. The number of amides is 3. The second-order valence-corrected chi connectivity index (χ2v) is 12.3. The third-order valence-electron chi connectivity index (χ3n) is 9.25. The van der Waals surface area contributed by atoms with Crippen LogP contribution >= 0.6 is 0 Å². The summed E-state index contributed by atoms with van der Waals surface area (Å²) < 4.78 is 6.79. The number of carbonyl (C=O) groups is 3. The highest BCUT2D eigenvalue weighted by Crippen LogP contribution is 2.65. The van der Waals surface area contributed by atoms with E-state index in [1.807, 2.05) is 88.4 Å². The van der Waals surface area contributed by atoms with E-state index in [2.05, 4.69) is 10.6 Å². The lowest BCUT2D eigenvalue weighted by Crippen LogP contribution is -2.58. The summed E-state index contributed by atoms with van der Waals surface area (Å²) >= 11 is 0. The third kappa shape index (κ3) is 4.71. The van der Waals surface area contributed by atoms with Crippen LogP contribution in [0.5, 0.6) is 0 Å². The quantitative estimate of drug-likeness (QED) is 0.424. The molecule has 8 nitrogen and oxygen atoms in total. The molecule has 7 atom stereocenters. The summed E-state index contributed by atoms with van der Waals surface area (Å²) in [5.41, 5.74) is -0.136. The minimum Gasteiger partial charge on any atom is -0.394 e. The Bertz CT molecular complexity index is 1240. The van der Waals surface area contributed by atoms with Crippen molar-refractivity contribution >= 4 is 17.7 Å². The monoisotopic (exact) mass is 547 g/mol. The molecule has 0 aromatic heterocycles. The van der Waals surface area contributed by atoms with Crippen LogP contribution in [0.4, 0.5) is 0 Å². The van der Waals surface area contributed by atoms with Crippen molar-refractivity contribution in [1.82, 2.24) is 15.5 Å². The maximum absolute atomic E-state index is 14.4. The van der Waals surface area contributed by atoms with Crippen LogP contribution in [0.15, 0.2) is 60.7 Å². The number of likely N-dealkylation sites (tertiary alicyclic amines) is 1. The number of nitrogens with one attached hydrogen (secondary N) is 2. The smallest absolute Gasteiger partial charge is 0.246 e. The number of carbonyl (C=O) groups excluding carboxylic acids is 3. The predicted octanol–water partition coefficient (Wildman–Crippen LogP) is 3.04. The van der Waals surface area contributed by atoms with Gasteiger partial charge in [0.1, 0.15) is 11.6 Å². The van der Waals surface area contributed by atoms with Crippen molar-refractivity contribution in [1.29, 1.82) is 0 Å². The van der Waals surface area contributed by atoms with Crippen molar-refractivity contribution in [3.63, 3.8) is 0 Å². The van der Waals surface area contributed by atoms with Gasteiger partial charge in [0.05, 0.1) is 30.1 Å². The van der Waals surface area contributed by atoms with E-state index >= 15 is 0 Å². The highest BCUT2D eigenvalue weighted by atomic mass is 16.5. The number of aliphatic hydroxyl groups is 1. The Hall–Kier alpha value is -3.23. The minimum absolute atomic E-state index is 0.0499. The lowest BCUT2D eigenvalue weighted by atomic mass is 9.62. The van der Waals surface area contributed by atoms with Gasteiger partial charge >= 0.3 is 0 Å². The maximum atomic E-state index is 14.4. The Kier molecular flexibility index (Phi) is 7.77. The SMILES string of the molecule is CC(C)C[C@H](CO)N1C(=O)[C@@H]2[C@H](C(=O)NCc3ccccc3)[C@@]3(C)OC2(CC3C)C1C(=O)NCc1ccccc1. The molecule has 3 heterocycles. The first-order valence-electron chi connectivity index (χ1n) is 14.4. The number of aliphatic hydroxyl groups excluding tert-OH is 1. The van der Waals surface area contributed by atoms with Crippen LogP contribution in [0.2, 0.25) is 0 Å². The molecule has 3 N–H and O–H groups in total. The van der Waals surface area contributed by atoms with Crippen molar-refractivity contribution in [3.8, 4) is 0 Å². The number of nitrogens with zero attached hydrogens (tertiary/aromatic N) is 1.